The lowest BCUT2D eigenvalue weighted by molar-refractivity contribution is -0.137. The number of hydrogen-bond acceptors (Lipinski definition) is 7. The summed E-state index contributed by atoms with van der Waals surface area (Å²) in [7, 11) is 1.49. The van der Waals surface area contributed by atoms with Gasteiger partial charge in [-0.2, -0.15) is 13.2 Å². The highest BCUT2D eigenvalue weighted by Crippen LogP contribution is 2.31. The van der Waals surface area contributed by atoms with Crippen molar-refractivity contribution in [3.63, 3.8) is 0 Å². The second-order valence-electron chi connectivity index (χ2n) is 10.4. The van der Waals surface area contributed by atoms with Crippen LogP contribution in [0, 0.1) is 0 Å². The minimum absolute atomic E-state index is 0.172. The first-order chi connectivity index (χ1) is 21.6. The maximum atomic E-state index is 13.2. The zero-order valence-corrected chi connectivity index (χ0v) is 25.0. The van der Waals surface area contributed by atoms with Crippen LogP contribution in [0.1, 0.15) is 39.1 Å². The summed E-state index contributed by atoms with van der Waals surface area (Å²) in [5, 5.41) is 5.85. The van der Waals surface area contributed by atoms with Crippen molar-refractivity contribution < 1.29 is 27.5 Å². The van der Waals surface area contributed by atoms with E-state index < -0.39 is 23.6 Å². The zero-order chi connectivity index (χ0) is 32.0. The van der Waals surface area contributed by atoms with Gasteiger partial charge in [0.05, 0.1) is 21.8 Å². The van der Waals surface area contributed by atoms with E-state index in [-0.39, 0.29) is 33.5 Å². The third-order valence-corrected chi connectivity index (χ3v) is 7.53. The molecule has 1 aromatic heterocycles. The fraction of sp³-hybridized carbons (Fsp3) is 0.250. The summed E-state index contributed by atoms with van der Waals surface area (Å²) in [4.78, 5) is 38.0. The number of nitrogens with zero attached hydrogens (tertiary/aromatic N) is 4. The van der Waals surface area contributed by atoms with Crippen LogP contribution in [0.4, 0.5) is 36.2 Å². The van der Waals surface area contributed by atoms with Crippen molar-refractivity contribution in [2.45, 2.75) is 19.0 Å². The summed E-state index contributed by atoms with van der Waals surface area (Å²) in [6.45, 7) is 3.79. The van der Waals surface area contributed by atoms with E-state index in [1.54, 1.807) is 0 Å². The van der Waals surface area contributed by atoms with Gasteiger partial charge >= 0.3 is 6.18 Å². The zero-order valence-electron chi connectivity index (χ0n) is 24.3. The molecule has 234 valence electrons. The molecular formula is C32H30ClF3N6O3. The van der Waals surface area contributed by atoms with Crippen molar-refractivity contribution in [2.75, 3.05) is 48.8 Å². The SMILES string of the molecule is CN(C(=O)c1cnc(Nc2ccc(OCCN3CCCC3)cc2)nc1)c1cc(NC(=O)c2cccc(C(F)(F)F)c2)ccc1Cl. The lowest BCUT2D eigenvalue weighted by atomic mass is 10.1. The number of carbonyl (C=O) groups is 2. The number of ether oxygens (including phenoxy) is 1. The van der Waals surface area contributed by atoms with E-state index in [0.717, 1.165) is 49.3 Å². The van der Waals surface area contributed by atoms with E-state index in [0.29, 0.717) is 6.61 Å². The number of carbonyl (C=O) groups excluding carboxylic acids is 2. The van der Waals surface area contributed by atoms with Crippen molar-refractivity contribution in [2.24, 2.45) is 0 Å². The Labute approximate surface area is 263 Å². The van der Waals surface area contributed by atoms with Gasteiger partial charge in [-0.15, -0.1) is 0 Å². The van der Waals surface area contributed by atoms with Crippen molar-refractivity contribution in [1.29, 1.82) is 0 Å². The van der Waals surface area contributed by atoms with Gasteiger partial charge < -0.3 is 20.3 Å². The molecule has 45 heavy (non-hydrogen) atoms. The third kappa shape index (κ3) is 8.28. The van der Waals surface area contributed by atoms with E-state index in [1.807, 2.05) is 24.3 Å². The summed E-state index contributed by atoms with van der Waals surface area (Å²) in [5.74, 6) is -0.170. The molecule has 0 unspecified atom stereocenters. The molecule has 2 N–H and O–H groups in total. The maximum absolute atomic E-state index is 13.2. The number of rotatable bonds is 10. The highest BCUT2D eigenvalue weighted by molar-refractivity contribution is 6.34. The minimum atomic E-state index is -4.59. The summed E-state index contributed by atoms with van der Waals surface area (Å²) in [5.41, 5.74) is 0.303. The molecule has 3 aromatic carbocycles. The molecule has 0 saturated carbocycles. The number of likely N-dealkylation sites (tertiary alicyclic amines) is 1. The molecule has 0 spiro atoms. The highest BCUT2D eigenvalue weighted by Gasteiger charge is 2.31. The van der Waals surface area contributed by atoms with Crippen LogP contribution in [0.5, 0.6) is 5.75 Å². The molecular weight excluding hydrogens is 609 g/mol. The topological polar surface area (TPSA) is 99.7 Å². The van der Waals surface area contributed by atoms with Gasteiger partial charge in [-0.1, -0.05) is 17.7 Å². The monoisotopic (exact) mass is 638 g/mol. The van der Waals surface area contributed by atoms with Crippen LogP contribution in [-0.2, 0) is 6.18 Å². The number of nitrogens with one attached hydrogen (secondary N) is 2. The number of hydrogen-bond donors (Lipinski definition) is 2. The maximum Gasteiger partial charge on any atom is 0.416 e. The molecule has 13 heteroatoms. The van der Waals surface area contributed by atoms with Crippen LogP contribution in [-0.4, -0.2) is 60.0 Å². The van der Waals surface area contributed by atoms with Crippen LogP contribution in [0.15, 0.2) is 79.1 Å². The van der Waals surface area contributed by atoms with Crippen molar-refractivity contribution in [1.82, 2.24) is 14.9 Å². The predicted octanol–water partition coefficient (Wildman–Crippen LogP) is 6.90. The smallest absolute Gasteiger partial charge is 0.416 e. The summed E-state index contributed by atoms with van der Waals surface area (Å²) in [6.07, 6.45) is 0.649. The second kappa shape index (κ2) is 14.0. The molecule has 0 bridgehead atoms. The molecule has 1 saturated heterocycles. The largest absolute Gasteiger partial charge is 0.492 e. The first-order valence-corrected chi connectivity index (χ1v) is 14.5. The molecule has 1 aliphatic rings. The molecule has 4 aromatic rings. The van der Waals surface area contributed by atoms with E-state index >= 15 is 0 Å². The first-order valence-electron chi connectivity index (χ1n) is 14.2. The predicted molar refractivity (Wildman–Crippen MR) is 167 cm³/mol. The van der Waals surface area contributed by atoms with Crippen LogP contribution in [0.25, 0.3) is 0 Å². The quantitative estimate of drug-likeness (QED) is 0.195. The number of halogens is 4. The minimum Gasteiger partial charge on any atom is -0.492 e. The standard InChI is InChI=1S/C32H30ClF3N6O3/c1-41(28-18-25(9-12-27(28)33)39-29(43)21-5-4-6-23(17-21)32(34,35)36)30(44)22-19-37-31(38-20-22)40-24-7-10-26(11-8-24)45-16-15-42-13-2-3-14-42/h4-12,17-20H,2-3,13-16H2,1H3,(H,39,43)(H,37,38,40). The van der Waals surface area contributed by atoms with Gasteiger partial charge in [0.1, 0.15) is 12.4 Å². The number of anilines is 4. The fourth-order valence-electron chi connectivity index (χ4n) is 4.76. The molecule has 2 amide bonds. The van der Waals surface area contributed by atoms with Gasteiger partial charge in [-0.25, -0.2) is 9.97 Å². The second-order valence-corrected chi connectivity index (χ2v) is 10.8. The van der Waals surface area contributed by atoms with Crippen LogP contribution < -0.4 is 20.3 Å². The van der Waals surface area contributed by atoms with Crippen LogP contribution in [0.3, 0.4) is 0 Å². The number of alkyl halides is 3. The van der Waals surface area contributed by atoms with E-state index in [2.05, 4.69) is 25.5 Å². The van der Waals surface area contributed by atoms with E-state index in [4.69, 9.17) is 16.3 Å². The van der Waals surface area contributed by atoms with Gasteiger partial charge in [-0.05, 0) is 86.6 Å². The van der Waals surface area contributed by atoms with Gasteiger partial charge in [0.2, 0.25) is 5.95 Å². The molecule has 9 nitrogen and oxygen atoms in total. The molecule has 2 heterocycles. The summed E-state index contributed by atoms with van der Waals surface area (Å²) < 4.78 is 45.0. The van der Waals surface area contributed by atoms with Crippen molar-refractivity contribution in [3.05, 3.63) is 101 Å². The van der Waals surface area contributed by atoms with Crippen LogP contribution in [0.2, 0.25) is 5.02 Å². The Morgan fingerprint density at radius 3 is 2.33 bits per heavy atom. The van der Waals surface area contributed by atoms with Crippen molar-refractivity contribution >= 4 is 46.4 Å². The molecule has 0 radical (unpaired) electrons. The Morgan fingerprint density at radius 2 is 1.64 bits per heavy atom. The summed E-state index contributed by atoms with van der Waals surface area (Å²) >= 11 is 6.35. The van der Waals surface area contributed by atoms with E-state index in [9.17, 15) is 22.8 Å². The Bertz CT molecular complexity index is 1650. The Balaban J connectivity index is 1.18. The third-order valence-electron chi connectivity index (χ3n) is 7.21. The number of benzene rings is 3. The Hall–Kier alpha value is -4.68. The number of amides is 2. The first kappa shape index (κ1) is 31.7. The molecule has 1 fully saturated rings. The average molecular weight is 639 g/mol. The molecule has 0 atom stereocenters. The van der Waals surface area contributed by atoms with Gasteiger partial charge in [0, 0.05) is 42.9 Å². The highest BCUT2D eigenvalue weighted by atomic mass is 35.5. The summed E-state index contributed by atoms with van der Waals surface area (Å²) in [6, 6.07) is 15.9. The van der Waals surface area contributed by atoms with Crippen LogP contribution >= 0.6 is 11.6 Å². The number of aromatic nitrogens is 2. The average Bonchev–Trinajstić information content (AvgIpc) is 3.56. The van der Waals surface area contributed by atoms with E-state index in [1.165, 1.54) is 61.4 Å². The van der Waals surface area contributed by atoms with Gasteiger partial charge in [-0.3, -0.25) is 14.5 Å². The lowest BCUT2D eigenvalue weighted by Gasteiger charge is -2.20. The lowest BCUT2D eigenvalue weighted by Crippen LogP contribution is -2.27. The normalized spacial score (nSPS) is 13.4. The Kier molecular flexibility index (Phi) is 9.84. The molecule has 0 aliphatic carbocycles. The van der Waals surface area contributed by atoms with Gasteiger partial charge in [0.15, 0.2) is 0 Å². The molecule has 5 rings (SSSR count). The molecule has 1 aliphatic heterocycles. The van der Waals surface area contributed by atoms with Gasteiger partial charge in [0.25, 0.3) is 11.8 Å². The Morgan fingerprint density at radius 1 is 0.956 bits per heavy atom. The van der Waals surface area contributed by atoms with Crippen molar-refractivity contribution in [3.8, 4) is 5.75 Å². The fourth-order valence-corrected chi connectivity index (χ4v) is 5.00.